The molecule has 2 amide bonds. The van der Waals surface area contributed by atoms with Gasteiger partial charge in [0.25, 0.3) is 0 Å². The van der Waals surface area contributed by atoms with E-state index in [4.69, 9.17) is 4.74 Å². The number of hydrogen-bond acceptors (Lipinski definition) is 7. The number of thiazole rings is 1. The molecule has 3 N–H and O–H groups in total. The zero-order valence-corrected chi connectivity index (χ0v) is 23.4. The first kappa shape index (κ1) is 30.9. The van der Waals surface area contributed by atoms with Crippen LogP contribution in [0.3, 0.4) is 0 Å². The number of aliphatic hydroxyl groups excluding tert-OH is 1. The average molecular weight is 580 g/mol. The van der Waals surface area contributed by atoms with E-state index in [0.717, 1.165) is 5.56 Å². The summed E-state index contributed by atoms with van der Waals surface area (Å²) in [6, 6.07) is 11.8. The Morgan fingerprint density at radius 2 is 1.68 bits per heavy atom. The summed E-state index contributed by atoms with van der Waals surface area (Å²) >= 11 is 1.19. The number of carbonyl (C=O) groups is 2. The third-order valence-corrected chi connectivity index (χ3v) is 6.70. The highest BCUT2D eigenvalue weighted by Gasteiger charge is 2.33. The number of aliphatic hydroxyl groups is 1. The summed E-state index contributed by atoms with van der Waals surface area (Å²) in [7, 11) is 0. The summed E-state index contributed by atoms with van der Waals surface area (Å²) in [6.07, 6.45) is -3.58. The summed E-state index contributed by atoms with van der Waals surface area (Å²) < 4.78 is 48.0. The molecule has 3 rings (SSSR count). The number of carbonyl (C=O) groups excluding carboxylic acids is 2. The minimum Gasteiger partial charge on any atom is -0.485 e. The van der Waals surface area contributed by atoms with E-state index in [2.05, 4.69) is 20.4 Å². The second kappa shape index (κ2) is 13.1. The molecular formula is C28H32F3N3O5S. The highest BCUT2D eigenvalue weighted by atomic mass is 32.1. The van der Waals surface area contributed by atoms with Gasteiger partial charge in [0.2, 0.25) is 11.8 Å². The van der Waals surface area contributed by atoms with Crippen LogP contribution < -0.4 is 20.1 Å². The zero-order chi connectivity index (χ0) is 29.5. The second-order valence-electron chi connectivity index (χ2n) is 10.1. The number of hydrogen-bond donors (Lipinski definition) is 3. The molecule has 0 unspecified atom stereocenters. The Bertz CT molecular complexity index is 1310. The molecule has 0 fully saturated rings. The second-order valence-corrected chi connectivity index (χ2v) is 11.1. The smallest absolute Gasteiger partial charge is 0.485 e. The summed E-state index contributed by atoms with van der Waals surface area (Å²) in [6.45, 7) is 7.00. The number of rotatable bonds is 11. The molecule has 2 aromatic carbocycles. The Kier molecular flexibility index (Phi) is 10.2. The average Bonchev–Trinajstić information content (AvgIpc) is 3.34. The molecule has 0 spiro atoms. The predicted octanol–water partition coefficient (Wildman–Crippen LogP) is 5.92. The Labute approximate surface area is 234 Å². The van der Waals surface area contributed by atoms with Crippen molar-refractivity contribution < 1.29 is 37.3 Å². The Balaban J connectivity index is 1.72. The van der Waals surface area contributed by atoms with Crippen LogP contribution in [0.4, 0.5) is 18.3 Å². The molecule has 216 valence electrons. The van der Waals surface area contributed by atoms with Gasteiger partial charge < -0.3 is 25.2 Å². The Hall–Kier alpha value is -3.64. The number of amides is 2. The molecule has 0 aliphatic rings. The van der Waals surface area contributed by atoms with E-state index >= 15 is 0 Å². The fourth-order valence-electron chi connectivity index (χ4n) is 3.67. The van der Waals surface area contributed by atoms with Gasteiger partial charge in [-0.25, -0.2) is 4.98 Å². The van der Waals surface area contributed by atoms with Crippen molar-refractivity contribution in [3.8, 4) is 21.9 Å². The van der Waals surface area contributed by atoms with Crippen molar-refractivity contribution in [1.82, 2.24) is 10.3 Å². The monoisotopic (exact) mass is 579 g/mol. The van der Waals surface area contributed by atoms with Crippen molar-refractivity contribution in [2.45, 2.75) is 65.7 Å². The molecule has 2 atom stereocenters. The Morgan fingerprint density at radius 3 is 2.33 bits per heavy atom. The molecule has 8 nitrogen and oxygen atoms in total. The maximum atomic E-state index is 13.0. The van der Waals surface area contributed by atoms with Crippen molar-refractivity contribution in [1.29, 1.82) is 0 Å². The van der Waals surface area contributed by atoms with Crippen LogP contribution in [0.25, 0.3) is 10.4 Å². The van der Waals surface area contributed by atoms with Gasteiger partial charge in [-0.3, -0.25) is 9.59 Å². The molecule has 0 radical (unpaired) electrons. The number of aromatic nitrogens is 1. The van der Waals surface area contributed by atoms with Crippen LogP contribution >= 0.6 is 11.3 Å². The number of ether oxygens (including phenoxy) is 2. The number of alkyl halides is 3. The minimum absolute atomic E-state index is 0.0469. The van der Waals surface area contributed by atoms with Crippen molar-refractivity contribution in [2.24, 2.45) is 5.41 Å². The first-order valence-corrected chi connectivity index (χ1v) is 13.4. The van der Waals surface area contributed by atoms with Gasteiger partial charge in [-0.2, -0.15) is 0 Å². The molecule has 0 aliphatic heterocycles. The fourth-order valence-corrected chi connectivity index (χ4v) is 4.55. The van der Waals surface area contributed by atoms with E-state index in [0.29, 0.717) is 28.4 Å². The maximum absolute atomic E-state index is 13.0. The lowest BCUT2D eigenvalue weighted by Crippen LogP contribution is -2.50. The maximum Gasteiger partial charge on any atom is 0.573 e. The summed E-state index contributed by atoms with van der Waals surface area (Å²) in [4.78, 5) is 30.4. The van der Waals surface area contributed by atoms with Gasteiger partial charge in [0.1, 0.15) is 18.8 Å². The lowest BCUT2D eigenvalue weighted by molar-refractivity contribution is -0.275. The van der Waals surface area contributed by atoms with Crippen LogP contribution in [0.5, 0.6) is 11.5 Å². The molecule has 1 aromatic heterocycles. The zero-order valence-electron chi connectivity index (χ0n) is 22.5. The summed E-state index contributed by atoms with van der Waals surface area (Å²) in [5, 5.41) is 15.9. The van der Waals surface area contributed by atoms with Gasteiger partial charge in [-0.15, -0.1) is 13.2 Å². The van der Waals surface area contributed by atoms with Gasteiger partial charge in [0, 0.05) is 6.20 Å². The first-order valence-electron chi connectivity index (χ1n) is 12.6. The van der Waals surface area contributed by atoms with Gasteiger partial charge in [0.05, 0.1) is 4.88 Å². The van der Waals surface area contributed by atoms with E-state index in [9.17, 15) is 27.9 Å². The third kappa shape index (κ3) is 8.68. The largest absolute Gasteiger partial charge is 0.573 e. The highest BCUT2D eigenvalue weighted by Crippen LogP contribution is 2.35. The third-order valence-electron chi connectivity index (χ3n) is 5.76. The van der Waals surface area contributed by atoms with Gasteiger partial charge in [0.15, 0.2) is 16.6 Å². The van der Waals surface area contributed by atoms with E-state index in [1.54, 1.807) is 51.2 Å². The van der Waals surface area contributed by atoms with Crippen LogP contribution in [0.2, 0.25) is 0 Å². The molecule has 3 aromatic rings. The normalized spacial score (nSPS) is 13.3. The molecule has 0 saturated heterocycles. The van der Waals surface area contributed by atoms with Crippen LogP contribution in [0.1, 0.15) is 46.1 Å². The van der Waals surface area contributed by atoms with Crippen molar-refractivity contribution >= 4 is 28.3 Å². The van der Waals surface area contributed by atoms with Crippen LogP contribution in [0, 0.1) is 5.41 Å². The number of anilines is 1. The van der Waals surface area contributed by atoms with E-state index in [1.807, 2.05) is 13.0 Å². The van der Waals surface area contributed by atoms with Crippen molar-refractivity contribution in [2.75, 3.05) is 5.32 Å². The number of halogens is 3. The van der Waals surface area contributed by atoms with Crippen molar-refractivity contribution in [3.05, 3.63) is 60.3 Å². The lowest BCUT2D eigenvalue weighted by Gasteiger charge is -2.26. The Morgan fingerprint density at radius 1 is 1.02 bits per heavy atom. The first-order chi connectivity index (χ1) is 18.8. The molecule has 1 heterocycles. The van der Waals surface area contributed by atoms with Gasteiger partial charge in [-0.05, 0) is 35.1 Å². The highest BCUT2D eigenvalue weighted by molar-refractivity contribution is 7.19. The predicted molar refractivity (Wildman–Crippen MR) is 146 cm³/mol. The van der Waals surface area contributed by atoms with Gasteiger partial charge >= 0.3 is 6.36 Å². The fraction of sp³-hybridized carbons (Fsp3) is 0.393. The molecule has 12 heteroatoms. The van der Waals surface area contributed by atoms with E-state index in [1.165, 1.54) is 29.5 Å². The van der Waals surface area contributed by atoms with Crippen LogP contribution in [0.15, 0.2) is 54.7 Å². The number of nitrogens with one attached hydrogen (secondary N) is 2. The summed E-state index contributed by atoms with van der Waals surface area (Å²) in [5.41, 5.74) is 0.714. The topological polar surface area (TPSA) is 110 Å². The quantitative estimate of drug-likeness (QED) is 0.260. The summed E-state index contributed by atoms with van der Waals surface area (Å²) in [5.74, 6) is -1.60. The van der Waals surface area contributed by atoms with Crippen molar-refractivity contribution in [3.63, 3.8) is 0 Å². The molecule has 40 heavy (non-hydrogen) atoms. The lowest BCUT2D eigenvalue weighted by atomic mass is 9.88. The number of nitrogens with zero attached hydrogens (tertiary/aromatic N) is 1. The standard InChI is InChI=1S/C28H32F3N3O5S/c1-5-10-19(33-25(37)23(35)27(2,3)4)24(36)34-26-32-15-22(40-26)18-12-7-6-11-17(18)16-38-20-13-8-9-14-21(20)39-28(29,30)31/h6-9,11-15,19,23,35H,5,10,16H2,1-4H3,(H,33,37)(H,32,34,36)/t19-,23+/m0/s1. The van der Waals surface area contributed by atoms with Crippen LogP contribution in [-0.2, 0) is 16.2 Å². The number of benzene rings is 2. The number of para-hydroxylation sites is 2. The molecular weight excluding hydrogens is 547 g/mol. The van der Waals surface area contributed by atoms with E-state index in [-0.39, 0.29) is 12.4 Å². The van der Waals surface area contributed by atoms with Crippen LogP contribution in [-0.4, -0.2) is 40.4 Å². The SMILES string of the molecule is CCC[C@H](NC(=O)[C@@H](O)C(C)(C)C)C(=O)Nc1ncc(-c2ccccc2COc2ccccc2OC(F)(F)F)s1. The molecule has 0 bridgehead atoms. The van der Waals surface area contributed by atoms with Gasteiger partial charge in [-0.1, -0.05) is 81.9 Å². The molecule has 0 aliphatic carbocycles. The van der Waals surface area contributed by atoms with E-state index < -0.39 is 41.5 Å². The molecule has 0 saturated carbocycles. The minimum atomic E-state index is -4.85.